The summed E-state index contributed by atoms with van der Waals surface area (Å²) in [7, 11) is 0. The molecule has 0 aliphatic heterocycles. The number of nitrogens with zero attached hydrogens (tertiary/aromatic N) is 1. The maximum absolute atomic E-state index is 12.4. The summed E-state index contributed by atoms with van der Waals surface area (Å²) >= 11 is 1.30. The highest BCUT2D eigenvalue weighted by molar-refractivity contribution is 7.13. The van der Waals surface area contributed by atoms with E-state index in [1.807, 2.05) is 6.92 Å². The van der Waals surface area contributed by atoms with Gasteiger partial charge < -0.3 is 0 Å². The van der Waals surface area contributed by atoms with Crippen molar-refractivity contribution in [3.05, 3.63) is 52.5 Å². The first kappa shape index (κ1) is 15.2. The molecule has 7 heteroatoms. The molecule has 1 aromatic heterocycles. The Morgan fingerprint density at radius 2 is 1.95 bits per heavy atom. The maximum atomic E-state index is 12.4. The minimum absolute atomic E-state index is 0.385. The van der Waals surface area contributed by atoms with Crippen LogP contribution in [0.1, 0.15) is 16.8 Å². The topological polar surface area (TPSA) is 42.0 Å². The van der Waals surface area contributed by atoms with Gasteiger partial charge in [-0.05, 0) is 30.7 Å². The molecule has 0 fully saturated rings. The Morgan fingerprint density at radius 3 is 2.48 bits per heavy atom. The number of rotatable bonds is 3. The Hall–Kier alpha value is -2.15. The predicted octanol–water partition coefficient (Wildman–Crippen LogP) is 4.12. The van der Waals surface area contributed by atoms with Crippen LogP contribution in [0.25, 0.3) is 6.08 Å². The van der Waals surface area contributed by atoms with Gasteiger partial charge in [0.1, 0.15) is 0 Å². The molecule has 1 amide bonds. The van der Waals surface area contributed by atoms with Crippen LogP contribution < -0.4 is 5.32 Å². The zero-order chi connectivity index (χ0) is 15.5. The second-order valence-electron chi connectivity index (χ2n) is 4.24. The van der Waals surface area contributed by atoms with E-state index in [0.29, 0.717) is 10.7 Å². The number of carbonyl (C=O) groups is 1. The van der Waals surface area contributed by atoms with Crippen molar-refractivity contribution in [3.8, 4) is 0 Å². The Bertz CT molecular complexity index is 660. The van der Waals surface area contributed by atoms with Crippen LogP contribution in [0.3, 0.4) is 0 Å². The second kappa shape index (κ2) is 6.09. The highest BCUT2D eigenvalue weighted by Gasteiger charge is 2.29. The van der Waals surface area contributed by atoms with Crippen LogP contribution >= 0.6 is 11.3 Å². The summed E-state index contributed by atoms with van der Waals surface area (Å²) < 4.78 is 37.2. The van der Waals surface area contributed by atoms with Crippen molar-refractivity contribution in [2.45, 2.75) is 13.1 Å². The highest BCUT2D eigenvalue weighted by Crippen LogP contribution is 2.29. The number of hydrogen-bond acceptors (Lipinski definition) is 3. The molecule has 0 aliphatic carbocycles. The van der Waals surface area contributed by atoms with Crippen LogP contribution in [0.15, 0.2) is 35.7 Å². The molecule has 0 unspecified atom stereocenters. The molecule has 0 atom stereocenters. The lowest BCUT2D eigenvalue weighted by atomic mass is 10.1. The summed E-state index contributed by atoms with van der Waals surface area (Å²) in [6.07, 6.45) is -1.67. The molecule has 1 aromatic carbocycles. The fraction of sp³-hybridized carbons (Fsp3) is 0.143. The first-order chi connectivity index (χ1) is 9.84. The number of aromatic nitrogens is 1. The Labute approximate surface area is 123 Å². The minimum atomic E-state index is -4.36. The monoisotopic (exact) mass is 312 g/mol. The van der Waals surface area contributed by atoms with E-state index in [4.69, 9.17) is 0 Å². The molecule has 2 rings (SSSR count). The fourth-order valence-electron chi connectivity index (χ4n) is 1.51. The number of benzene rings is 1. The summed E-state index contributed by atoms with van der Waals surface area (Å²) in [5.74, 6) is -0.385. The smallest absolute Gasteiger partial charge is 0.298 e. The second-order valence-corrected chi connectivity index (χ2v) is 5.09. The molecule has 1 heterocycles. The van der Waals surface area contributed by atoms with E-state index in [9.17, 15) is 18.0 Å². The molecule has 0 aliphatic rings. The standard InChI is InChI=1S/C14H11F3N2OS/c1-9-8-21-13(18-9)19-12(20)7-4-10-2-5-11(6-3-10)14(15,16)17/h2-8H,1H3,(H,18,19,20)/b7-4+. The van der Waals surface area contributed by atoms with Gasteiger partial charge in [-0.1, -0.05) is 12.1 Å². The average molecular weight is 312 g/mol. The number of carbonyl (C=O) groups excluding carboxylic acids is 1. The Balaban J connectivity index is 1.99. The van der Waals surface area contributed by atoms with Gasteiger partial charge in [0.2, 0.25) is 5.91 Å². The number of aryl methyl sites for hydroxylation is 1. The third kappa shape index (κ3) is 4.42. The van der Waals surface area contributed by atoms with Crippen molar-refractivity contribution in [2.75, 3.05) is 5.32 Å². The van der Waals surface area contributed by atoms with E-state index < -0.39 is 11.7 Å². The maximum Gasteiger partial charge on any atom is 0.416 e. The van der Waals surface area contributed by atoms with E-state index in [1.165, 1.54) is 35.6 Å². The van der Waals surface area contributed by atoms with Crippen molar-refractivity contribution in [1.82, 2.24) is 4.98 Å². The zero-order valence-corrected chi connectivity index (χ0v) is 11.8. The van der Waals surface area contributed by atoms with E-state index >= 15 is 0 Å². The van der Waals surface area contributed by atoms with E-state index in [0.717, 1.165) is 17.8 Å². The summed E-state index contributed by atoms with van der Waals surface area (Å²) in [5.41, 5.74) is 0.595. The molecule has 110 valence electrons. The van der Waals surface area contributed by atoms with E-state index in [1.54, 1.807) is 5.38 Å². The quantitative estimate of drug-likeness (QED) is 0.866. The van der Waals surface area contributed by atoms with Gasteiger partial charge in [-0.2, -0.15) is 13.2 Å². The SMILES string of the molecule is Cc1csc(NC(=O)/C=C/c2ccc(C(F)(F)F)cc2)n1. The summed E-state index contributed by atoms with van der Waals surface area (Å²) in [5, 5.41) is 4.85. The minimum Gasteiger partial charge on any atom is -0.298 e. The zero-order valence-electron chi connectivity index (χ0n) is 10.9. The molecule has 0 bridgehead atoms. The molecule has 3 nitrogen and oxygen atoms in total. The number of halogens is 3. The molecule has 0 spiro atoms. The van der Waals surface area contributed by atoms with Crippen LogP contribution in [-0.4, -0.2) is 10.9 Å². The summed E-state index contributed by atoms with van der Waals surface area (Å²) in [6, 6.07) is 4.56. The largest absolute Gasteiger partial charge is 0.416 e. The fourth-order valence-corrected chi connectivity index (χ4v) is 2.20. The average Bonchev–Trinajstić information content (AvgIpc) is 2.81. The lowest BCUT2D eigenvalue weighted by Crippen LogP contribution is -2.07. The molecule has 0 radical (unpaired) electrons. The van der Waals surface area contributed by atoms with Gasteiger partial charge in [0.05, 0.1) is 11.3 Å². The van der Waals surface area contributed by atoms with Crippen LogP contribution in [0.5, 0.6) is 0 Å². The molecule has 1 N–H and O–H groups in total. The molecular weight excluding hydrogens is 301 g/mol. The van der Waals surface area contributed by atoms with Crippen LogP contribution in [0.4, 0.5) is 18.3 Å². The third-order valence-electron chi connectivity index (χ3n) is 2.51. The van der Waals surface area contributed by atoms with Crippen LogP contribution in [0, 0.1) is 6.92 Å². The number of amides is 1. The first-order valence-corrected chi connectivity index (χ1v) is 6.81. The Kier molecular flexibility index (Phi) is 4.42. The number of anilines is 1. The first-order valence-electron chi connectivity index (χ1n) is 5.93. The number of hydrogen-bond donors (Lipinski definition) is 1. The van der Waals surface area contributed by atoms with E-state index in [2.05, 4.69) is 10.3 Å². The van der Waals surface area contributed by atoms with Crippen molar-refractivity contribution in [2.24, 2.45) is 0 Å². The van der Waals surface area contributed by atoms with Gasteiger partial charge in [-0.3, -0.25) is 10.1 Å². The van der Waals surface area contributed by atoms with Gasteiger partial charge in [-0.25, -0.2) is 4.98 Å². The van der Waals surface area contributed by atoms with Crippen molar-refractivity contribution >= 4 is 28.5 Å². The summed E-state index contributed by atoms with van der Waals surface area (Å²) in [6.45, 7) is 1.81. The highest BCUT2D eigenvalue weighted by atomic mass is 32.1. The predicted molar refractivity (Wildman–Crippen MR) is 76.0 cm³/mol. The van der Waals surface area contributed by atoms with Gasteiger partial charge in [0.25, 0.3) is 0 Å². The lowest BCUT2D eigenvalue weighted by molar-refractivity contribution is -0.137. The van der Waals surface area contributed by atoms with Crippen molar-refractivity contribution in [3.63, 3.8) is 0 Å². The summed E-state index contributed by atoms with van der Waals surface area (Å²) in [4.78, 5) is 15.7. The normalized spacial score (nSPS) is 11.8. The van der Waals surface area contributed by atoms with Gasteiger partial charge in [0, 0.05) is 11.5 Å². The number of thiazole rings is 1. The van der Waals surface area contributed by atoms with Crippen LogP contribution in [0.2, 0.25) is 0 Å². The van der Waals surface area contributed by atoms with Crippen molar-refractivity contribution < 1.29 is 18.0 Å². The van der Waals surface area contributed by atoms with Gasteiger partial charge in [-0.15, -0.1) is 11.3 Å². The molecule has 2 aromatic rings. The third-order valence-corrected chi connectivity index (χ3v) is 3.39. The number of nitrogens with one attached hydrogen (secondary N) is 1. The number of alkyl halides is 3. The van der Waals surface area contributed by atoms with Gasteiger partial charge >= 0.3 is 6.18 Å². The molecule has 21 heavy (non-hydrogen) atoms. The molecular formula is C14H11F3N2OS. The van der Waals surface area contributed by atoms with Crippen LogP contribution in [-0.2, 0) is 11.0 Å². The lowest BCUT2D eigenvalue weighted by Gasteiger charge is -2.05. The Morgan fingerprint density at radius 1 is 1.29 bits per heavy atom. The van der Waals surface area contributed by atoms with E-state index in [-0.39, 0.29) is 5.91 Å². The molecule has 0 saturated carbocycles. The van der Waals surface area contributed by atoms with Gasteiger partial charge in [0.15, 0.2) is 5.13 Å². The molecule has 0 saturated heterocycles. The van der Waals surface area contributed by atoms with Crippen molar-refractivity contribution in [1.29, 1.82) is 0 Å².